The number of amides is 1. The predicted octanol–water partition coefficient (Wildman–Crippen LogP) is 4.21. The summed E-state index contributed by atoms with van der Waals surface area (Å²) in [7, 11) is 0. The molecule has 2 aliphatic rings. The fourth-order valence-corrected chi connectivity index (χ4v) is 4.02. The first-order valence-electron chi connectivity index (χ1n) is 8.53. The average molecular weight is 422 g/mol. The van der Waals surface area contributed by atoms with Crippen LogP contribution in [0.3, 0.4) is 0 Å². The number of carbonyl (C=O) groups excluding carboxylic acids is 1. The van der Waals surface area contributed by atoms with Crippen LogP contribution in [0.4, 0.5) is 0 Å². The molecule has 1 heterocycles. The van der Waals surface area contributed by atoms with Crippen molar-refractivity contribution in [2.45, 2.75) is 44.3 Å². The first-order valence-corrected chi connectivity index (χ1v) is 9.32. The molecule has 1 saturated carbocycles. The van der Waals surface area contributed by atoms with Crippen molar-refractivity contribution in [3.8, 4) is 0 Å². The lowest BCUT2D eigenvalue weighted by Crippen LogP contribution is -2.48. The van der Waals surface area contributed by atoms with E-state index in [4.69, 9.17) is 0 Å². The van der Waals surface area contributed by atoms with Crippen LogP contribution in [-0.4, -0.2) is 5.91 Å². The molecule has 0 atom stereocenters. The maximum Gasteiger partial charge on any atom is 0.230 e. The van der Waals surface area contributed by atoms with Crippen molar-refractivity contribution < 1.29 is 4.79 Å². The highest BCUT2D eigenvalue weighted by molar-refractivity contribution is 9.10. The summed E-state index contributed by atoms with van der Waals surface area (Å²) in [4.78, 5) is 12.9. The highest BCUT2D eigenvalue weighted by Crippen LogP contribution is 2.44. The number of hydrogen-bond donors (Lipinski definition) is 2. The Balaban J connectivity index is 0.00000182. The lowest BCUT2D eigenvalue weighted by Gasteiger charge is -2.40. The zero-order valence-corrected chi connectivity index (χ0v) is 16.4. The third kappa shape index (κ3) is 3.48. The lowest BCUT2D eigenvalue weighted by molar-refractivity contribution is -0.130. The van der Waals surface area contributed by atoms with Crippen molar-refractivity contribution in [3.05, 3.63) is 69.2 Å². The van der Waals surface area contributed by atoms with Gasteiger partial charge in [-0.25, -0.2) is 0 Å². The summed E-state index contributed by atoms with van der Waals surface area (Å²) in [5.41, 5.74) is 4.70. The van der Waals surface area contributed by atoms with E-state index in [1.54, 1.807) is 0 Å². The molecule has 3 nitrogen and oxygen atoms in total. The molecule has 132 valence electrons. The van der Waals surface area contributed by atoms with E-state index in [1.165, 1.54) is 16.7 Å². The molecule has 0 bridgehead atoms. The standard InChI is InChI=1S/C20H21BrN2O.ClH/c21-18-6-4-17(5-7-18)20(8-1-9-20)19(24)23-11-14-2-3-15-12-22-13-16(15)10-14;/h2-7,10,22H,1,8-9,11-13H2,(H,23,24);1H. The Morgan fingerprint density at radius 3 is 2.48 bits per heavy atom. The lowest BCUT2D eigenvalue weighted by atomic mass is 9.64. The molecule has 2 N–H and O–H groups in total. The highest BCUT2D eigenvalue weighted by atomic mass is 79.9. The third-order valence-corrected chi connectivity index (χ3v) is 5.92. The number of nitrogens with one attached hydrogen (secondary N) is 2. The molecule has 1 aliphatic heterocycles. The van der Waals surface area contributed by atoms with Crippen LogP contribution in [0.2, 0.25) is 0 Å². The van der Waals surface area contributed by atoms with Gasteiger partial charge in [0, 0.05) is 24.1 Å². The van der Waals surface area contributed by atoms with E-state index in [0.717, 1.165) is 42.4 Å². The Morgan fingerprint density at radius 2 is 1.80 bits per heavy atom. The first-order chi connectivity index (χ1) is 11.7. The Morgan fingerprint density at radius 1 is 1.08 bits per heavy atom. The van der Waals surface area contributed by atoms with Crippen LogP contribution in [-0.2, 0) is 29.8 Å². The van der Waals surface area contributed by atoms with E-state index in [2.05, 4.69) is 56.9 Å². The SMILES string of the molecule is Cl.O=C(NCc1ccc2c(c1)CNC2)C1(c2ccc(Br)cc2)CCC1. The van der Waals surface area contributed by atoms with Gasteiger partial charge in [0.05, 0.1) is 5.41 Å². The van der Waals surface area contributed by atoms with E-state index in [9.17, 15) is 4.79 Å². The fourth-order valence-electron chi connectivity index (χ4n) is 3.76. The van der Waals surface area contributed by atoms with Crippen molar-refractivity contribution in [3.63, 3.8) is 0 Å². The van der Waals surface area contributed by atoms with Gasteiger partial charge in [-0.2, -0.15) is 0 Å². The number of rotatable bonds is 4. The molecule has 4 rings (SSSR count). The molecule has 0 aromatic heterocycles. The molecule has 25 heavy (non-hydrogen) atoms. The van der Waals surface area contributed by atoms with E-state index in [-0.39, 0.29) is 23.7 Å². The van der Waals surface area contributed by atoms with E-state index in [0.29, 0.717) is 6.54 Å². The number of fused-ring (bicyclic) bond motifs is 1. The molecule has 0 saturated heterocycles. The summed E-state index contributed by atoms with van der Waals surface area (Å²) < 4.78 is 1.05. The van der Waals surface area contributed by atoms with Crippen LogP contribution >= 0.6 is 28.3 Å². The molecule has 1 fully saturated rings. The van der Waals surface area contributed by atoms with Gasteiger partial charge in [0.2, 0.25) is 5.91 Å². The Kier molecular flexibility index (Phi) is 5.52. The largest absolute Gasteiger partial charge is 0.351 e. The van der Waals surface area contributed by atoms with Crippen LogP contribution in [0.1, 0.15) is 41.5 Å². The summed E-state index contributed by atoms with van der Waals surface area (Å²) in [5, 5.41) is 6.53. The second kappa shape index (κ2) is 7.48. The summed E-state index contributed by atoms with van der Waals surface area (Å²) >= 11 is 3.47. The minimum absolute atomic E-state index is 0. The maximum atomic E-state index is 12.9. The Hall–Kier alpha value is -1.36. The van der Waals surface area contributed by atoms with Gasteiger partial charge in [-0.05, 0) is 47.2 Å². The van der Waals surface area contributed by atoms with Gasteiger partial charge in [-0.15, -0.1) is 12.4 Å². The minimum atomic E-state index is -0.334. The summed E-state index contributed by atoms with van der Waals surface area (Å²) in [6.07, 6.45) is 3.00. The second-order valence-corrected chi connectivity index (χ2v) is 7.75. The normalized spacial score (nSPS) is 17.2. The molecule has 5 heteroatoms. The van der Waals surface area contributed by atoms with Crippen molar-refractivity contribution in [2.24, 2.45) is 0 Å². The minimum Gasteiger partial charge on any atom is -0.351 e. The van der Waals surface area contributed by atoms with Crippen molar-refractivity contribution in [1.29, 1.82) is 0 Å². The molecule has 2 aromatic carbocycles. The van der Waals surface area contributed by atoms with Crippen LogP contribution in [0, 0.1) is 0 Å². The second-order valence-electron chi connectivity index (χ2n) is 6.83. The molecule has 0 unspecified atom stereocenters. The number of carbonyl (C=O) groups is 1. The Bertz CT molecular complexity index is 772. The average Bonchev–Trinajstić information content (AvgIpc) is 3.01. The van der Waals surface area contributed by atoms with E-state index in [1.807, 2.05) is 12.1 Å². The van der Waals surface area contributed by atoms with Gasteiger partial charge < -0.3 is 10.6 Å². The van der Waals surface area contributed by atoms with Gasteiger partial charge in [0.15, 0.2) is 0 Å². The quantitative estimate of drug-likeness (QED) is 0.776. The van der Waals surface area contributed by atoms with E-state index >= 15 is 0 Å². The zero-order valence-electron chi connectivity index (χ0n) is 14.0. The monoisotopic (exact) mass is 420 g/mol. The fraction of sp³-hybridized carbons (Fsp3) is 0.350. The summed E-state index contributed by atoms with van der Waals surface area (Å²) in [6, 6.07) is 14.7. The molecule has 0 radical (unpaired) electrons. The maximum absolute atomic E-state index is 12.9. The Labute approximate surface area is 163 Å². The topological polar surface area (TPSA) is 41.1 Å². The van der Waals surface area contributed by atoms with Crippen LogP contribution in [0.25, 0.3) is 0 Å². The van der Waals surface area contributed by atoms with Crippen LogP contribution in [0.15, 0.2) is 46.9 Å². The van der Waals surface area contributed by atoms with Gasteiger partial charge in [0.1, 0.15) is 0 Å². The molecule has 1 amide bonds. The molecular weight excluding hydrogens is 400 g/mol. The van der Waals surface area contributed by atoms with E-state index < -0.39 is 0 Å². The molecular formula is C20H22BrClN2O. The smallest absolute Gasteiger partial charge is 0.230 e. The predicted molar refractivity (Wildman–Crippen MR) is 106 cm³/mol. The zero-order chi connectivity index (χ0) is 16.6. The van der Waals surface area contributed by atoms with Crippen molar-refractivity contribution >= 4 is 34.2 Å². The molecule has 1 aliphatic carbocycles. The summed E-state index contributed by atoms with van der Waals surface area (Å²) in [5.74, 6) is 0.162. The van der Waals surface area contributed by atoms with Crippen molar-refractivity contribution in [2.75, 3.05) is 0 Å². The molecule has 0 spiro atoms. The summed E-state index contributed by atoms with van der Waals surface area (Å²) in [6.45, 7) is 2.49. The number of hydrogen-bond acceptors (Lipinski definition) is 2. The van der Waals surface area contributed by atoms with Gasteiger partial charge in [0.25, 0.3) is 0 Å². The number of benzene rings is 2. The highest BCUT2D eigenvalue weighted by Gasteiger charge is 2.45. The first kappa shape index (κ1) is 18.4. The molecule has 2 aromatic rings. The number of halogens is 2. The van der Waals surface area contributed by atoms with Gasteiger partial charge in [-0.1, -0.05) is 52.7 Å². The van der Waals surface area contributed by atoms with Gasteiger partial charge in [-0.3, -0.25) is 4.79 Å². The van der Waals surface area contributed by atoms with Crippen LogP contribution < -0.4 is 10.6 Å². The third-order valence-electron chi connectivity index (χ3n) is 5.39. The van der Waals surface area contributed by atoms with Crippen molar-refractivity contribution in [1.82, 2.24) is 10.6 Å². The van der Waals surface area contributed by atoms with Gasteiger partial charge >= 0.3 is 0 Å². The van der Waals surface area contributed by atoms with Crippen LogP contribution in [0.5, 0.6) is 0 Å².